The van der Waals surface area contributed by atoms with Gasteiger partial charge in [-0.05, 0) is 25.5 Å². The Kier molecular flexibility index (Phi) is 3.48. The zero-order chi connectivity index (χ0) is 12.6. The van der Waals surface area contributed by atoms with E-state index in [1.165, 1.54) is 5.06 Å². The lowest BCUT2D eigenvalue weighted by Gasteiger charge is -2.16. The second kappa shape index (κ2) is 4.59. The topological polar surface area (TPSA) is 29.5 Å². The van der Waals surface area contributed by atoms with Crippen molar-refractivity contribution in [3.63, 3.8) is 0 Å². The van der Waals surface area contributed by atoms with E-state index in [4.69, 9.17) is 16.4 Å². The molecule has 0 radical (unpaired) electrons. The van der Waals surface area contributed by atoms with Crippen LogP contribution in [0.3, 0.4) is 0 Å². The van der Waals surface area contributed by atoms with Gasteiger partial charge in [0.2, 0.25) is 0 Å². The molecule has 1 aliphatic rings. The molecule has 5 heteroatoms. The van der Waals surface area contributed by atoms with Gasteiger partial charge in [-0.15, -0.1) is 0 Å². The Balaban J connectivity index is 2.17. The van der Waals surface area contributed by atoms with Crippen LogP contribution in [0.1, 0.15) is 19.4 Å². The Labute approximate surface area is 114 Å². The van der Waals surface area contributed by atoms with Crippen LogP contribution in [-0.4, -0.2) is 21.4 Å². The number of benzene rings is 1. The number of halogens is 2. The summed E-state index contributed by atoms with van der Waals surface area (Å²) < 4.78 is -0.658. The normalized spacial score (nSPS) is 28.8. The summed E-state index contributed by atoms with van der Waals surface area (Å²) in [5, 5.41) is 2.00. The van der Waals surface area contributed by atoms with Crippen LogP contribution in [-0.2, 0) is 16.2 Å². The first-order valence-electron chi connectivity index (χ1n) is 5.34. The average molecular weight is 319 g/mol. The summed E-state index contributed by atoms with van der Waals surface area (Å²) in [5.74, 6) is -0.0788. The molecule has 0 saturated carbocycles. The van der Waals surface area contributed by atoms with E-state index in [9.17, 15) is 4.79 Å². The zero-order valence-electron chi connectivity index (χ0n) is 9.61. The van der Waals surface area contributed by atoms with Gasteiger partial charge < -0.3 is 0 Å². The molecule has 0 N–H and O–H groups in total. The Hall–Kier alpha value is -0.580. The zero-order valence-corrected chi connectivity index (χ0v) is 12.0. The Morgan fingerprint density at radius 2 is 2.18 bits per heavy atom. The van der Waals surface area contributed by atoms with Gasteiger partial charge in [0.1, 0.15) is 10.4 Å². The van der Waals surface area contributed by atoms with Crippen molar-refractivity contribution >= 4 is 33.4 Å². The lowest BCUT2D eigenvalue weighted by Crippen LogP contribution is -2.35. The molecule has 1 heterocycles. The van der Waals surface area contributed by atoms with Crippen LogP contribution < -0.4 is 0 Å². The minimum atomic E-state index is -0.658. The third-order valence-corrected chi connectivity index (χ3v) is 4.32. The molecule has 2 rings (SSSR count). The molecule has 0 spiro atoms. The lowest BCUT2D eigenvalue weighted by molar-refractivity contribution is -0.174. The van der Waals surface area contributed by atoms with Gasteiger partial charge in [0.05, 0.1) is 6.54 Å². The van der Waals surface area contributed by atoms with E-state index >= 15 is 0 Å². The first kappa shape index (κ1) is 12.9. The first-order valence-corrected chi connectivity index (χ1v) is 6.51. The molecule has 17 heavy (non-hydrogen) atoms. The summed E-state index contributed by atoms with van der Waals surface area (Å²) in [4.78, 5) is 17.6. The molecular weight excluding hydrogens is 305 g/mol. The van der Waals surface area contributed by atoms with Gasteiger partial charge in [-0.3, -0.25) is 9.63 Å². The second-order valence-electron chi connectivity index (χ2n) is 4.26. The van der Waals surface area contributed by atoms with Gasteiger partial charge in [0, 0.05) is 5.02 Å². The van der Waals surface area contributed by atoms with Crippen LogP contribution in [0.25, 0.3) is 0 Å². The molecule has 1 aromatic carbocycles. The largest absolute Gasteiger partial charge is 0.271 e. The van der Waals surface area contributed by atoms with E-state index in [0.717, 1.165) is 5.56 Å². The highest BCUT2D eigenvalue weighted by Crippen LogP contribution is 2.35. The first-order chi connectivity index (χ1) is 7.93. The van der Waals surface area contributed by atoms with Gasteiger partial charge >= 0.3 is 0 Å². The number of alkyl halides is 1. The number of hydrogen-bond acceptors (Lipinski definition) is 2. The van der Waals surface area contributed by atoms with E-state index in [0.29, 0.717) is 11.6 Å². The van der Waals surface area contributed by atoms with Gasteiger partial charge in [-0.2, -0.15) is 0 Å². The van der Waals surface area contributed by atoms with Crippen LogP contribution in [0, 0.1) is 0 Å². The number of carbonyl (C=O) groups excluding carboxylic acids is 1. The predicted octanol–water partition coefficient (Wildman–Crippen LogP) is 3.16. The van der Waals surface area contributed by atoms with E-state index in [2.05, 4.69) is 15.9 Å². The highest BCUT2D eigenvalue weighted by atomic mass is 79.9. The summed E-state index contributed by atoms with van der Waals surface area (Å²) in [7, 11) is 0. The number of hydroxylamine groups is 2. The highest BCUT2D eigenvalue weighted by Gasteiger charge is 2.48. The smallest absolute Gasteiger partial charge is 0.265 e. The lowest BCUT2D eigenvalue weighted by atomic mass is 10.1. The third kappa shape index (κ3) is 2.34. The maximum atomic E-state index is 12.1. The molecule has 3 nitrogen and oxygen atoms in total. The fourth-order valence-electron chi connectivity index (χ4n) is 1.65. The minimum absolute atomic E-state index is 0.0788. The molecule has 1 saturated heterocycles. The fraction of sp³-hybridized carbons (Fsp3) is 0.417. The summed E-state index contributed by atoms with van der Waals surface area (Å²) in [6.07, 6.45) is -0.197. The van der Waals surface area contributed by atoms with Gasteiger partial charge in [0.25, 0.3) is 5.91 Å². The van der Waals surface area contributed by atoms with E-state index in [-0.39, 0.29) is 12.0 Å². The molecular formula is C12H13BrClNO2. The average Bonchev–Trinajstić information content (AvgIpc) is 2.46. The third-order valence-electron chi connectivity index (χ3n) is 2.97. The van der Waals surface area contributed by atoms with Crippen LogP contribution in [0.2, 0.25) is 5.02 Å². The molecule has 1 aromatic rings. The van der Waals surface area contributed by atoms with Crippen molar-refractivity contribution in [2.45, 2.75) is 30.8 Å². The van der Waals surface area contributed by atoms with Crippen LogP contribution >= 0.6 is 27.5 Å². The fourth-order valence-corrected chi connectivity index (χ4v) is 2.12. The van der Waals surface area contributed by atoms with E-state index in [1.54, 1.807) is 6.07 Å². The maximum Gasteiger partial charge on any atom is 0.265 e. The van der Waals surface area contributed by atoms with E-state index < -0.39 is 4.32 Å². The summed E-state index contributed by atoms with van der Waals surface area (Å²) in [6.45, 7) is 4.04. The number of rotatable bonds is 2. The molecule has 1 fully saturated rings. The van der Waals surface area contributed by atoms with Crippen molar-refractivity contribution < 1.29 is 9.63 Å². The standard InChI is InChI=1S/C12H13BrClNO2/c1-8-12(2,13)11(16)15(17-8)7-9-5-3-4-6-10(9)14/h3-6,8H,7H2,1-2H3. The summed E-state index contributed by atoms with van der Waals surface area (Å²) >= 11 is 9.45. The number of amides is 1. The Morgan fingerprint density at radius 1 is 1.53 bits per heavy atom. The highest BCUT2D eigenvalue weighted by molar-refractivity contribution is 9.10. The summed E-state index contributed by atoms with van der Waals surface area (Å²) in [5.41, 5.74) is 0.875. The van der Waals surface area contributed by atoms with Gasteiger partial charge in [0.15, 0.2) is 0 Å². The monoisotopic (exact) mass is 317 g/mol. The second-order valence-corrected chi connectivity index (χ2v) is 6.31. The van der Waals surface area contributed by atoms with Crippen LogP contribution in [0.4, 0.5) is 0 Å². The molecule has 0 aromatic heterocycles. The van der Waals surface area contributed by atoms with Gasteiger partial charge in [-0.25, -0.2) is 5.06 Å². The summed E-state index contributed by atoms with van der Waals surface area (Å²) in [6, 6.07) is 7.43. The van der Waals surface area contributed by atoms with Crippen molar-refractivity contribution in [2.24, 2.45) is 0 Å². The molecule has 0 aliphatic carbocycles. The van der Waals surface area contributed by atoms with E-state index in [1.807, 2.05) is 32.0 Å². The quantitative estimate of drug-likeness (QED) is 0.784. The van der Waals surface area contributed by atoms with Gasteiger partial charge in [-0.1, -0.05) is 45.7 Å². The van der Waals surface area contributed by atoms with Crippen molar-refractivity contribution in [3.05, 3.63) is 34.9 Å². The molecule has 92 valence electrons. The van der Waals surface area contributed by atoms with Crippen molar-refractivity contribution in [2.75, 3.05) is 0 Å². The number of nitrogens with zero attached hydrogens (tertiary/aromatic N) is 1. The Morgan fingerprint density at radius 3 is 2.71 bits per heavy atom. The molecule has 1 aliphatic heterocycles. The molecule has 0 bridgehead atoms. The SMILES string of the molecule is CC1ON(Cc2ccccc2Cl)C(=O)C1(C)Br. The minimum Gasteiger partial charge on any atom is -0.271 e. The van der Waals surface area contributed by atoms with Crippen molar-refractivity contribution in [1.29, 1.82) is 0 Å². The predicted molar refractivity (Wildman–Crippen MR) is 69.9 cm³/mol. The molecule has 1 amide bonds. The number of hydrogen-bond donors (Lipinski definition) is 0. The number of carbonyl (C=O) groups is 1. The maximum absolute atomic E-state index is 12.1. The van der Waals surface area contributed by atoms with Crippen molar-refractivity contribution in [3.8, 4) is 0 Å². The Bertz CT molecular complexity index is 450. The van der Waals surface area contributed by atoms with Crippen LogP contribution in [0.15, 0.2) is 24.3 Å². The molecule has 2 unspecified atom stereocenters. The van der Waals surface area contributed by atoms with Crippen LogP contribution in [0.5, 0.6) is 0 Å². The van der Waals surface area contributed by atoms with Crippen molar-refractivity contribution in [1.82, 2.24) is 5.06 Å². The molecule has 2 atom stereocenters.